The molecule has 1 aromatic carbocycles. The highest BCUT2D eigenvalue weighted by molar-refractivity contribution is 5.97. The molecule has 0 aliphatic heterocycles. The van der Waals surface area contributed by atoms with Crippen molar-refractivity contribution in [2.75, 3.05) is 14.2 Å². The maximum absolute atomic E-state index is 12.9. The van der Waals surface area contributed by atoms with Crippen LogP contribution in [0.15, 0.2) is 18.2 Å². The first-order valence-corrected chi connectivity index (χ1v) is 9.56. The fraction of sp³-hybridized carbons (Fsp3) is 0.667. The molecule has 0 saturated heterocycles. The van der Waals surface area contributed by atoms with Crippen molar-refractivity contribution in [3.63, 3.8) is 0 Å². The van der Waals surface area contributed by atoms with Gasteiger partial charge in [0.2, 0.25) is 0 Å². The first-order chi connectivity index (χ1) is 12.0. The van der Waals surface area contributed by atoms with Gasteiger partial charge in [-0.15, -0.1) is 0 Å². The van der Waals surface area contributed by atoms with Gasteiger partial charge in [-0.25, -0.2) is 0 Å². The van der Waals surface area contributed by atoms with E-state index in [1.807, 2.05) is 6.07 Å². The fourth-order valence-corrected chi connectivity index (χ4v) is 6.12. The Balaban J connectivity index is 1.51. The van der Waals surface area contributed by atoms with Crippen LogP contribution in [0.25, 0.3) is 0 Å². The Bertz CT molecular complexity index is 634. The molecule has 4 aliphatic rings. The summed E-state index contributed by atoms with van der Waals surface area (Å²) in [5.74, 6) is 3.89. The van der Waals surface area contributed by atoms with Crippen molar-refractivity contribution < 1.29 is 14.3 Å². The van der Waals surface area contributed by atoms with Crippen LogP contribution in [0, 0.1) is 23.2 Å². The number of amides is 1. The first-order valence-electron chi connectivity index (χ1n) is 9.56. The van der Waals surface area contributed by atoms with E-state index >= 15 is 0 Å². The summed E-state index contributed by atoms with van der Waals surface area (Å²) in [4.78, 5) is 12.9. The van der Waals surface area contributed by atoms with Crippen LogP contribution in [-0.2, 0) is 0 Å². The number of rotatable bonds is 5. The van der Waals surface area contributed by atoms with E-state index in [0.717, 1.165) is 17.8 Å². The zero-order chi connectivity index (χ0) is 17.6. The topological polar surface area (TPSA) is 47.6 Å². The van der Waals surface area contributed by atoms with Gasteiger partial charge in [-0.3, -0.25) is 4.79 Å². The van der Waals surface area contributed by atoms with Crippen LogP contribution < -0.4 is 14.8 Å². The third-order valence-corrected chi connectivity index (χ3v) is 7.01. The van der Waals surface area contributed by atoms with E-state index in [1.54, 1.807) is 26.4 Å². The molecule has 1 amide bonds. The van der Waals surface area contributed by atoms with E-state index < -0.39 is 0 Å². The molecule has 4 heteroatoms. The number of carbonyl (C=O) groups is 1. The summed E-state index contributed by atoms with van der Waals surface area (Å²) in [6.45, 7) is 2.21. The molecule has 1 aromatic rings. The molecule has 4 saturated carbocycles. The molecule has 1 atom stereocenters. The lowest BCUT2D eigenvalue weighted by atomic mass is 9.48. The Morgan fingerprint density at radius 2 is 1.68 bits per heavy atom. The van der Waals surface area contributed by atoms with E-state index in [4.69, 9.17) is 9.47 Å². The van der Waals surface area contributed by atoms with Crippen LogP contribution in [0.2, 0.25) is 0 Å². The summed E-state index contributed by atoms with van der Waals surface area (Å²) < 4.78 is 10.6. The maximum atomic E-state index is 12.9. The average molecular weight is 343 g/mol. The quantitative estimate of drug-likeness (QED) is 0.878. The summed E-state index contributed by atoms with van der Waals surface area (Å²) >= 11 is 0. The predicted molar refractivity (Wildman–Crippen MR) is 97.1 cm³/mol. The lowest BCUT2D eigenvalue weighted by Crippen LogP contribution is -2.55. The van der Waals surface area contributed by atoms with Crippen LogP contribution in [0.4, 0.5) is 0 Å². The highest BCUT2D eigenvalue weighted by Gasteiger charge is 2.53. The van der Waals surface area contributed by atoms with Crippen LogP contribution in [0.5, 0.6) is 11.5 Å². The maximum Gasteiger partial charge on any atom is 0.255 e. The zero-order valence-electron chi connectivity index (χ0n) is 15.5. The van der Waals surface area contributed by atoms with E-state index in [1.165, 1.54) is 38.5 Å². The largest absolute Gasteiger partial charge is 0.497 e. The number of benzene rings is 1. The zero-order valence-corrected chi connectivity index (χ0v) is 15.5. The molecule has 0 heterocycles. The van der Waals surface area contributed by atoms with Crippen molar-refractivity contribution in [3.8, 4) is 11.5 Å². The van der Waals surface area contributed by atoms with Crippen molar-refractivity contribution >= 4 is 5.91 Å². The van der Waals surface area contributed by atoms with Gasteiger partial charge in [-0.1, -0.05) is 0 Å². The lowest BCUT2D eigenvalue weighted by Gasteiger charge is -2.59. The number of nitrogens with one attached hydrogen (secondary N) is 1. The van der Waals surface area contributed by atoms with E-state index in [-0.39, 0.29) is 11.9 Å². The van der Waals surface area contributed by atoms with Gasteiger partial charge < -0.3 is 14.8 Å². The van der Waals surface area contributed by atoms with Crippen LogP contribution in [0.3, 0.4) is 0 Å². The minimum Gasteiger partial charge on any atom is -0.497 e. The molecule has 136 valence electrons. The minimum atomic E-state index is -0.0391. The molecular formula is C21H29NO3. The van der Waals surface area contributed by atoms with Crippen LogP contribution >= 0.6 is 0 Å². The number of ether oxygens (including phenoxy) is 2. The van der Waals surface area contributed by atoms with Crippen molar-refractivity contribution in [1.29, 1.82) is 0 Å². The average Bonchev–Trinajstić information content (AvgIpc) is 2.59. The van der Waals surface area contributed by atoms with Crippen molar-refractivity contribution in [1.82, 2.24) is 5.32 Å². The van der Waals surface area contributed by atoms with Gasteiger partial charge in [0.05, 0.1) is 19.8 Å². The summed E-state index contributed by atoms with van der Waals surface area (Å²) in [6.07, 6.45) is 8.14. The third kappa shape index (κ3) is 2.90. The molecule has 0 aromatic heterocycles. The van der Waals surface area contributed by atoms with Gasteiger partial charge >= 0.3 is 0 Å². The van der Waals surface area contributed by atoms with Gasteiger partial charge in [0, 0.05) is 12.1 Å². The molecule has 4 fully saturated rings. The molecule has 4 nitrogen and oxygen atoms in total. The molecule has 0 spiro atoms. The SMILES string of the molecule is COc1ccc(C(=O)NC(C)C23CC4CC(CC(C4)C2)C3)c(OC)c1. The highest BCUT2D eigenvalue weighted by atomic mass is 16.5. The summed E-state index contributed by atoms with van der Waals surface area (Å²) in [5.41, 5.74) is 0.893. The monoisotopic (exact) mass is 343 g/mol. The van der Waals surface area contributed by atoms with E-state index in [2.05, 4.69) is 12.2 Å². The van der Waals surface area contributed by atoms with Gasteiger partial charge in [-0.05, 0) is 80.8 Å². The minimum absolute atomic E-state index is 0.0391. The molecular weight excluding hydrogens is 314 g/mol. The second-order valence-corrected chi connectivity index (χ2v) is 8.54. The number of carbonyl (C=O) groups excluding carboxylic acids is 1. The Kier molecular flexibility index (Phi) is 4.17. The summed E-state index contributed by atoms with van der Waals surface area (Å²) in [5, 5.41) is 3.31. The Labute approximate surface area is 150 Å². The van der Waals surface area contributed by atoms with Gasteiger partial charge in [0.1, 0.15) is 11.5 Å². The van der Waals surface area contributed by atoms with Crippen molar-refractivity contribution in [3.05, 3.63) is 23.8 Å². The van der Waals surface area contributed by atoms with Gasteiger partial charge in [0.15, 0.2) is 0 Å². The predicted octanol–water partition coefficient (Wildman–Crippen LogP) is 4.04. The fourth-order valence-electron chi connectivity index (χ4n) is 6.12. The number of hydrogen-bond donors (Lipinski definition) is 1. The highest BCUT2D eigenvalue weighted by Crippen LogP contribution is 2.61. The Morgan fingerprint density at radius 3 is 2.20 bits per heavy atom. The Morgan fingerprint density at radius 1 is 1.08 bits per heavy atom. The molecule has 1 unspecified atom stereocenters. The lowest BCUT2D eigenvalue weighted by molar-refractivity contribution is -0.0688. The normalized spacial score (nSPS) is 33.8. The standard InChI is InChI=1S/C21H29NO3/c1-13(21-10-14-6-15(11-21)8-16(7-14)12-21)22-20(23)18-5-4-17(24-2)9-19(18)25-3/h4-5,9,13-16H,6-8,10-12H2,1-3H3,(H,22,23). The van der Waals surface area contributed by atoms with Crippen LogP contribution in [0.1, 0.15) is 55.8 Å². The molecule has 4 bridgehead atoms. The van der Waals surface area contributed by atoms with Gasteiger partial charge in [-0.2, -0.15) is 0 Å². The smallest absolute Gasteiger partial charge is 0.255 e. The molecule has 1 N–H and O–H groups in total. The molecule has 5 rings (SSSR count). The second kappa shape index (κ2) is 6.22. The molecule has 25 heavy (non-hydrogen) atoms. The second-order valence-electron chi connectivity index (χ2n) is 8.54. The van der Waals surface area contributed by atoms with Crippen LogP contribution in [-0.4, -0.2) is 26.2 Å². The Hall–Kier alpha value is -1.71. The first kappa shape index (κ1) is 16.7. The van der Waals surface area contributed by atoms with E-state index in [9.17, 15) is 4.79 Å². The number of hydrogen-bond acceptors (Lipinski definition) is 3. The summed E-state index contributed by atoms with van der Waals surface area (Å²) in [7, 11) is 3.21. The molecule has 4 aliphatic carbocycles. The summed E-state index contributed by atoms with van der Waals surface area (Å²) in [6, 6.07) is 5.58. The van der Waals surface area contributed by atoms with Crippen molar-refractivity contribution in [2.45, 2.75) is 51.5 Å². The van der Waals surface area contributed by atoms with Gasteiger partial charge in [0.25, 0.3) is 5.91 Å². The molecule has 0 radical (unpaired) electrons. The third-order valence-electron chi connectivity index (χ3n) is 7.01. The number of methoxy groups -OCH3 is 2. The van der Waals surface area contributed by atoms with E-state index in [0.29, 0.717) is 22.5 Å². The van der Waals surface area contributed by atoms with Crippen molar-refractivity contribution in [2.24, 2.45) is 23.2 Å².